The lowest BCUT2D eigenvalue weighted by atomic mass is 9.93. The Labute approximate surface area is 227 Å². The number of benzene rings is 3. The quantitative estimate of drug-likeness (QED) is 0.403. The van der Waals surface area contributed by atoms with Gasteiger partial charge in [-0.3, -0.25) is 4.79 Å². The van der Waals surface area contributed by atoms with Gasteiger partial charge in [0.2, 0.25) is 5.67 Å². The summed E-state index contributed by atoms with van der Waals surface area (Å²) in [6, 6.07) is 17.8. The lowest BCUT2D eigenvalue weighted by Crippen LogP contribution is -2.46. The van der Waals surface area contributed by atoms with E-state index in [-0.39, 0.29) is 21.0 Å². The lowest BCUT2D eigenvalue weighted by Gasteiger charge is -2.27. The number of aryl methyl sites for hydroxylation is 1. The number of nitrogens with zero attached hydrogens (tertiary/aromatic N) is 1. The summed E-state index contributed by atoms with van der Waals surface area (Å²) in [7, 11) is -9.50. The van der Waals surface area contributed by atoms with E-state index in [0.29, 0.717) is 10.5 Å². The van der Waals surface area contributed by atoms with E-state index < -0.39 is 53.9 Å². The van der Waals surface area contributed by atoms with E-state index in [0.717, 1.165) is 0 Å². The zero-order valence-corrected chi connectivity index (χ0v) is 23.4. The van der Waals surface area contributed by atoms with Crippen molar-refractivity contribution in [1.29, 1.82) is 0 Å². The highest BCUT2D eigenvalue weighted by atomic mass is 32.3. The van der Waals surface area contributed by atoms with Crippen LogP contribution >= 0.6 is 0 Å². The van der Waals surface area contributed by atoms with E-state index in [1.807, 2.05) is 0 Å². The van der Waals surface area contributed by atoms with Gasteiger partial charge in [0, 0.05) is 12.0 Å². The van der Waals surface area contributed by atoms with Gasteiger partial charge in [-0.15, -0.1) is 0 Å². The van der Waals surface area contributed by atoms with Crippen LogP contribution in [-0.4, -0.2) is 39.0 Å². The van der Waals surface area contributed by atoms with E-state index in [2.05, 4.69) is 0 Å². The number of rotatable bonds is 6. The van der Waals surface area contributed by atoms with E-state index in [1.54, 1.807) is 45.9 Å². The van der Waals surface area contributed by atoms with Crippen LogP contribution in [0.1, 0.15) is 38.3 Å². The number of fused-ring (bicyclic) bond motifs is 1. The van der Waals surface area contributed by atoms with Gasteiger partial charge in [0.1, 0.15) is 5.60 Å². The number of amides is 2. The Morgan fingerprint density at radius 2 is 1.38 bits per heavy atom. The Kier molecular flexibility index (Phi) is 7.20. The van der Waals surface area contributed by atoms with Gasteiger partial charge in [-0.1, -0.05) is 54.1 Å². The Bertz CT molecular complexity index is 1560. The maximum atomic E-state index is 17.1. The third-order valence-corrected chi connectivity index (χ3v) is 11.3. The molecule has 1 aliphatic heterocycles. The number of anilines is 1. The molecule has 0 aromatic heterocycles. The summed E-state index contributed by atoms with van der Waals surface area (Å²) >= 11 is 0. The number of halogens is 1. The van der Waals surface area contributed by atoms with Gasteiger partial charge in [-0.2, -0.15) is 0 Å². The summed E-state index contributed by atoms with van der Waals surface area (Å²) in [5.41, 5.74) is -4.14. The van der Waals surface area contributed by atoms with Crippen LogP contribution in [0, 0.1) is 6.92 Å². The Hall–Kier alpha value is -3.57. The summed E-state index contributed by atoms with van der Waals surface area (Å²) in [6.45, 7) is 6.33. The molecular weight excluding hydrogens is 545 g/mol. The molecule has 39 heavy (non-hydrogen) atoms. The molecule has 1 aliphatic rings. The van der Waals surface area contributed by atoms with Crippen LogP contribution in [0.15, 0.2) is 88.7 Å². The Balaban J connectivity index is 1.91. The largest absolute Gasteiger partial charge is 0.443 e. The van der Waals surface area contributed by atoms with Crippen LogP contribution in [0.3, 0.4) is 0 Å². The Morgan fingerprint density at radius 1 is 0.897 bits per heavy atom. The fourth-order valence-electron chi connectivity index (χ4n) is 4.39. The van der Waals surface area contributed by atoms with Crippen LogP contribution in [-0.2, 0) is 34.9 Å². The number of carbonyl (C=O) groups excluding carboxylic acids is 2. The number of hydrogen-bond acceptors (Lipinski definition) is 7. The first-order chi connectivity index (χ1) is 18.1. The molecule has 0 bridgehead atoms. The van der Waals surface area contributed by atoms with Crippen molar-refractivity contribution in [2.24, 2.45) is 0 Å². The normalized spacial score (nSPS) is 17.8. The Morgan fingerprint density at radius 3 is 1.85 bits per heavy atom. The smallest absolute Gasteiger partial charge is 0.421 e. The van der Waals surface area contributed by atoms with Crippen molar-refractivity contribution in [3.05, 3.63) is 90.0 Å². The number of carbonyl (C=O) groups is 2. The second-order valence-corrected chi connectivity index (χ2v) is 14.9. The predicted octanol–water partition coefficient (Wildman–Crippen LogP) is 5.11. The average molecular weight is 574 g/mol. The zero-order valence-electron chi connectivity index (χ0n) is 21.8. The minimum atomic E-state index is -4.75. The molecule has 0 radical (unpaired) electrons. The van der Waals surface area contributed by atoms with Gasteiger partial charge >= 0.3 is 6.09 Å². The molecular formula is C28H28FNO7S2. The zero-order chi connectivity index (χ0) is 28.8. The molecule has 0 aliphatic carbocycles. The first-order valence-electron chi connectivity index (χ1n) is 12.0. The van der Waals surface area contributed by atoms with Crippen LogP contribution in [0.2, 0.25) is 0 Å². The van der Waals surface area contributed by atoms with E-state index in [1.165, 1.54) is 60.7 Å². The maximum absolute atomic E-state index is 17.1. The van der Waals surface area contributed by atoms with E-state index in [9.17, 15) is 26.4 Å². The summed E-state index contributed by atoms with van der Waals surface area (Å²) in [6.07, 6.45) is -2.44. The molecule has 3 aromatic rings. The van der Waals surface area contributed by atoms with Gasteiger partial charge in [0.05, 0.1) is 15.5 Å². The number of imide groups is 1. The number of sulfone groups is 2. The molecule has 1 heterocycles. The highest BCUT2D eigenvalue weighted by Gasteiger charge is 2.59. The first-order valence-corrected chi connectivity index (χ1v) is 15.1. The molecule has 4 rings (SSSR count). The summed E-state index contributed by atoms with van der Waals surface area (Å²) in [4.78, 5) is 26.5. The van der Waals surface area contributed by atoms with Crippen LogP contribution < -0.4 is 4.90 Å². The van der Waals surface area contributed by atoms with Crippen molar-refractivity contribution in [2.45, 2.75) is 59.8 Å². The van der Waals surface area contributed by atoms with Gasteiger partial charge in [-0.05, 0) is 58.0 Å². The minimum Gasteiger partial charge on any atom is -0.443 e. The van der Waals surface area contributed by atoms with Crippen molar-refractivity contribution in [2.75, 3.05) is 4.90 Å². The number of ether oxygens (including phenoxy) is 1. The topological polar surface area (TPSA) is 115 Å². The molecule has 11 heteroatoms. The minimum absolute atomic E-state index is 0.143. The van der Waals surface area contributed by atoms with Crippen molar-refractivity contribution < 1.29 is 35.6 Å². The van der Waals surface area contributed by atoms with Gasteiger partial charge in [-0.25, -0.2) is 30.9 Å². The monoisotopic (exact) mass is 573 g/mol. The third-order valence-electron chi connectivity index (χ3n) is 6.22. The first kappa shape index (κ1) is 28.4. The molecule has 0 unspecified atom stereocenters. The summed E-state index contributed by atoms with van der Waals surface area (Å²) < 4.78 is 75.3. The molecule has 3 aromatic carbocycles. The SMILES string of the molecule is Cc1ccc2c(c1)[C@@](F)(CC(S(=O)(=O)c1ccccc1)S(=O)(=O)c1ccccc1)C(=O)N2C(=O)OC(C)(C)C. The second-order valence-electron chi connectivity index (χ2n) is 10.3. The maximum Gasteiger partial charge on any atom is 0.421 e. The van der Waals surface area contributed by atoms with Crippen molar-refractivity contribution in [3.63, 3.8) is 0 Å². The standard InChI is InChI=1S/C28H28FNO7S2/c1-19-15-16-23-22(17-19)28(29,25(31)30(23)26(32)37-27(2,3)4)18-24(38(33,34)20-11-7-5-8-12-20)39(35,36)21-13-9-6-10-14-21/h5-17,24H,18H2,1-4H3/t28-/m0/s1. The molecule has 2 amide bonds. The third kappa shape index (κ3) is 5.20. The average Bonchev–Trinajstić information content (AvgIpc) is 3.08. The highest BCUT2D eigenvalue weighted by molar-refractivity contribution is 8.09. The molecule has 0 saturated heterocycles. The molecule has 8 nitrogen and oxygen atoms in total. The molecule has 0 N–H and O–H groups in total. The number of hydrogen-bond donors (Lipinski definition) is 0. The molecule has 1 atom stereocenters. The molecule has 0 spiro atoms. The van der Waals surface area contributed by atoms with Crippen LogP contribution in [0.4, 0.5) is 14.9 Å². The lowest BCUT2D eigenvalue weighted by molar-refractivity contribution is -0.129. The van der Waals surface area contributed by atoms with Gasteiger partial charge < -0.3 is 4.74 Å². The highest BCUT2D eigenvalue weighted by Crippen LogP contribution is 2.49. The fraction of sp³-hybridized carbons (Fsp3) is 0.286. The van der Waals surface area contributed by atoms with Crippen LogP contribution in [0.5, 0.6) is 0 Å². The van der Waals surface area contributed by atoms with Crippen LogP contribution in [0.25, 0.3) is 0 Å². The number of alkyl halides is 1. The van der Waals surface area contributed by atoms with Crippen molar-refractivity contribution in [1.82, 2.24) is 0 Å². The summed E-state index contributed by atoms with van der Waals surface area (Å²) in [5.74, 6) is -1.42. The van der Waals surface area contributed by atoms with Crippen molar-refractivity contribution >= 4 is 37.4 Å². The van der Waals surface area contributed by atoms with Gasteiger partial charge in [0.25, 0.3) is 5.91 Å². The molecule has 0 fully saturated rings. The fourth-order valence-corrected chi connectivity index (χ4v) is 8.97. The second kappa shape index (κ2) is 9.87. The van der Waals surface area contributed by atoms with Gasteiger partial charge in [0.15, 0.2) is 24.3 Å². The predicted molar refractivity (Wildman–Crippen MR) is 143 cm³/mol. The molecule has 206 valence electrons. The van der Waals surface area contributed by atoms with E-state index >= 15 is 4.39 Å². The summed E-state index contributed by atoms with van der Waals surface area (Å²) in [5, 5.41) is 0. The van der Waals surface area contributed by atoms with Crippen molar-refractivity contribution in [3.8, 4) is 0 Å². The molecule has 0 saturated carbocycles. The van der Waals surface area contributed by atoms with E-state index in [4.69, 9.17) is 4.74 Å².